The maximum Gasteiger partial charge on any atom is 0.0297 e. The monoisotopic (exact) mass is 154 g/mol. The van der Waals surface area contributed by atoms with E-state index in [4.69, 9.17) is 5.73 Å². The zero-order valence-electron chi connectivity index (χ0n) is 7.32. The molecule has 0 saturated carbocycles. The summed E-state index contributed by atoms with van der Waals surface area (Å²) < 4.78 is 0. The fourth-order valence-corrected chi connectivity index (χ4v) is 1.41. The largest absolute Gasteiger partial charge is 0.401 e. The summed E-state index contributed by atoms with van der Waals surface area (Å²) in [6.45, 7) is 3.24. The molecule has 0 amide bonds. The molecule has 0 bridgehead atoms. The molecule has 1 aliphatic carbocycles. The second kappa shape index (κ2) is 4.27. The van der Waals surface area contributed by atoms with Gasteiger partial charge in [0, 0.05) is 17.9 Å². The van der Waals surface area contributed by atoms with Gasteiger partial charge in [-0.05, 0) is 32.1 Å². The summed E-state index contributed by atoms with van der Waals surface area (Å²) in [5, 5.41) is 3.38. The molecule has 3 N–H and O–H groups in total. The number of nitrogens with one attached hydrogen (secondary N) is 1. The van der Waals surface area contributed by atoms with E-state index in [0.29, 0.717) is 0 Å². The Kier molecular flexibility index (Phi) is 3.27. The smallest absolute Gasteiger partial charge is 0.0297 e. The molecule has 0 unspecified atom stereocenters. The molecule has 2 nitrogen and oxygen atoms in total. The summed E-state index contributed by atoms with van der Waals surface area (Å²) in [6.07, 6.45) is 5.99. The summed E-state index contributed by atoms with van der Waals surface area (Å²) >= 11 is 0. The highest BCUT2D eigenvalue weighted by Gasteiger charge is 2.08. The third kappa shape index (κ3) is 2.45. The molecule has 0 aromatic heterocycles. The summed E-state index contributed by atoms with van der Waals surface area (Å²) in [7, 11) is 0. The molecule has 0 atom stereocenters. The lowest BCUT2D eigenvalue weighted by Crippen LogP contribution is -2.21. The van der Waals surface area contributed by atoms with Gasteiger partial charge in [-0.15, -0.1) is 0 Å². The van der Waals surface area contributed by atoms with Crippen LogP contribution in [0.5, 0.6) is 0 Å². The normalized spacial score (nSPS) is 18.6. The first kappa shape index (κ1) is 8.44. The van der Waals surface area contributed by atoms with E-state index < -0.39 is 0 Å². The van der Waals surface area contributed by atoms with E-state index in [1.54, 1.807) is 0 Å². The highest BCUT2D eigenvalue weighted by atomic mass is 14.9. The van der Waals surface area contributed by atoms with Crippen molar-refractivity contribution in [1.29, 1.82) is 0 Å². The molecule has 0 aromatic carbocycles. The van der Waals surface area contributed by atoms with Crippen molar-refractivity contribution < 1.29 is 0 Å². The summed E-state index contributed by atoms with van der Waals surface area (Å²) in [5.41, 5.74) is 8.23. The SMILES string of the molecule is CCCNC1=C(N)CCCC1. The van der Waals surface area contributed by atoms with Crippen LogP contribution in [0.4, 0.5) is 0 Å². The lowest BCUT2D eigenvalue weighted by Gasteiger charge is -2.18. The highest BCUT2D eigenvalue weighted by molar-refractivity contribution is 5.11. The van der Waals surface area contributed by atoms with Gasteiger partial charge in [0.25, 0.3) is 0 Å². The Bertz CT molecular complexity index is 150. The van der Waals surface area contributed by atoms with E-state index in [1.165, 1.54) is 25.0 Å². The maximum atomic E-state index is 5.84. The third-order valence-corrected chi connectivity index (χ3v) is 2.10. The molecule has 2 heteroatoms. The minimum Gasteiger partial charge on any atom is -0.401 e. The van der Waals surface area contributed by atoms with Crippen molar-refractivity contribution in [1.82, 2.24) is 5.32 Å². The van der Waals surface area contributed by atoms with Gasteiger partial charge in [0.15, 0.2) is 0 Å². The van der Waals surface area contributed by atoms with Gasteiger partial charge in [-0.25, -0.2) is 0 Å². The Balaban J connectivity index is 2.39. The number of hydrogen-bond acceptors (Lipinski definition) is 2. The van der Waals surface area contributed by atoms with Crippen LogP contribution in [-0.2, 0) is 0 Å². The van der Waals surface area contributed by atoms with E-state index in [2.05, 4.69) is 12.2 Å². The molecule has 1 aliphatic rings. The fourth-order valence-electron chi connectivity index (χ4n) is 1.41. The van der Waals surface area contributed by atoms with Gasteiger partial charge in [-0.1, -0.05) is 6.92 Å². The van der Waals surface area contributed by atoms with Crippen molar-refractivity contribution >= 4 is 0 Å². The van der Waals surface area contributed by atoms with Crippen molar-refractivity contribution in [2.75, 3.05) is 6.54 Å². The lowest BCUT2D eigenvalue weighted by atomic mass is 10.0. The van der Waals surface area contributed by atoms with Crippen LogP contribution in [-0.4, -0.2) is 6.54 Å². The first-order valence-electron chi connectivity index (χ1n) is 4.56. The van der Waals surface area contributed by atoms with Crippen LogP contribution in [0, 0.1) is 0 Å². The van der Waals surface area contributed by atoms with Crippen molar-refractivity contribution in [2.24, 2.45) is 5.73 Å². The third-order valence-electron chi connectivity index (χ3n) is 2.10. The zero-order chi connectivity index (χ0) is 8.10. The van der Waals surface area contributed by atoms with Crippen molar-refractivity contribution in [3.05, 3.63) is 11.4 Å². The Hall–Kier alpha value is -0.660. The Morgan fingerprint density at radius 3 is 2.73 bits per heavy atom. The van der Waals surface area contributed by atoms with Gasteiger partial charge in [-0.3, -0.25) is 0 Å². The molecular weight excluding hydrogens is 136 g/mol. The van der Waals surface area contributed by atoms with E-state index in [0.717, 1.165) is 25.1 Å². The van der Waals surface area contributed by atoms with Gasteiger partial charge in [0.05, 0.1) is 0 Å². The summed E-state index contributed by atoms with van der Waals surface area (Å²) in [4.78, 5) is 0. The van der Waals surface area contributed by atoms with E-state index in [-0.39, 0.29) is 0 Å². The van der Waals surface area contributed by atoms with Gasteiger partial charge in [0.2, 0.25) is 0 Å². The Labute approximate surface area is 68.9 Å². The molecule has 64 valence electrons. The highest BCUT2D eigenvalue weighted by Crippen LogP contribution is 2.18. The minimum absolute atomic E-state index is 1.07. The fraction of sp³-hybridized carbons (Fsp3) is 0.778. The molecule has 0 fully saturated rings. The van der Waals surface area contributed by atoms with Crippen LogP contribution in [0.25, 0.3) is 0 Å². The predicted octanol–water partition coefficient (Wildman–Crippen LogP) is 1.73. The van der Waals surface area contributed by atoms with Crippen LogP contribution in [0.15, 0.2) is 11.4 Å². The summed E-state index contributed by atoms with van der Waals surface area (Å²) in [5.74, 6) is 0. The molecule has 0 aromatic rings. The van der Waals surface area contributed by atoms with Gasteiger partial charge >= 0.3 is 0 Å². The number of rotatable bonds is 3. The average molecular weight is 154 g/mol. The number of allylic oxidation sites excluding steroid dienone is 2. The van der Waals surface area contributed by atoms with Crippen molar-refractivity contribution in [3.63, 3.8) is 0 Å². The second-order valence-corrected chi connectivity index (χ2v) is 3.14. The quantitative estimate of drug-likeness (QED) is 0.649. The molecule has 0 saturated heterocycles. The van der Waals surface area contributed by atoms with E-state index in [1.807, 2.05) is 0 Å². The van der Waals surface area contributed by atoms with Crippen LogP contribution in [0.3, 0.4) is 0 Å². The molecular formula is C9H18N2. The molecule has 1 rings (SSSR count). The molecule has 0 aliphatic heterocycles. The predicted molar refractivity (Wildman–Crippen MR) is 48.0 cm³/mol. The topological polar surface area (TPSA) is 38.0 Å². The molecule has 0 heterocycles. The summed E-state index contributed by atoms with van der Waals surface area (Å²) in [6, 6.07) is 0. The van der Waals surface area contributed by atoms with Crippen LogP contribution >= 0.6 is 0 Å². The number of hydrogen-bond donors (Lipinski definition) is 2. The van der Waals surface area contributed by atoms with E-state index in [9.17, 15) is 0 Å². The first-order valence-corrected chi connectivity index (χ1v) is 4.56. The Morgan fingerprint density at radius 2 is 2.09 bits per heavy atom. The standard InChI is InChI=1S/C9H18N2/c1-2-7-11-9-6-4-3-5-8(9)10/h11H,2-7,10H2,1H3. The van der Waals surface area contributed by atoms with Crippen molar-refractivity contribution in [2.45, 2.75) is 39.0 Å². The zero-order valence-corrected chi connectivity index (χ0v) is 7.32. The maximum absolute atomic E-state index is 5.84. The molecule has 0 spiro atoms. The van der Waals surface area contributed by atoms with Gasteiger partial charge in [0.1, 0.15) is 0 Å². The molecule has 0 radical (unpaired) electrons. The molecule has 11 heavy (non-hydrogen) atoms. The van der Waals surface area contributed by atoms with Crippen molar-refractivity contribution in [3.8, 4) is 0 Å². The van der Waals surface area contributed by atoms with E-state index >= 15 is 0 Å². The first-order chi connectivity index (χ1) is 5.34. The van der Waals surface area contributed by atoms with Crippen LogP contribution in [0.1, 0.15) is 39.0 Å². The van der Waals surface area contributed by atoms with Gasteiger partial charge in [-0.2, -0.15) is 0 Å². The Morgan fingerprint density at radius 1 is 1.36 bits per heavy atom. The lowest BCUT2D eigenvalue weighted by molar-refractivity contribution is 0.607. The van der Waals surface area contributed by atoms with Crippen LogP contribution < -0.4 is 11.1 Å². The van der Waals surface area contributed by atoms with Gasteiger partial charge < -0.3 is 11.1 Å². The second-order valence-electron chi connectivity index (χ2n) is 3.14. The average Bonchev–Trinajstić information content (AvgIpc) is 2.03. The van der Waals surface area contributed by atoms with Crippen LogP contribution in [0.2, 0.25) is 0 Å². The number of nitrogens with two attached hydrogens (primary N) is 1. The minimum atomic E-state index is 1.07.